The van der Waals surface area contributed by atoms with Gasteiger partial charge in [-0.15, -0.1) is 0 Å². The summed E-state index contributed by atoms with van der Waals surface area (Å²) in [5.74, 6) is -1.08. The van der Waals surface area contributed by atoms with E-state index < -0.39 is 11.7 Å². The maximum atomic E-state index is 13.5. The van der Waals surface area contributed by atoms with E-state index in [1.54, 1.807) is 24.3 Å². The monoisotopic (exact) mass is 326 g/mol. The first kappa shape index (κ1) is 15.6. The van der Waals surface area contributed by atoms with Crippen molar-refractivity contribution in [1.82, 2.24) is 0 Å². The van der Waals surface area contributed by atoms with Crippen molar-refractivity contribution < 1.29 is 9.18 Å². The van der Waals surface area contributed by atoms with Crippen LogP contribution in [0.5, 0.6) is 0 Å². The van der Waals surface area contributed by atoms with Gasteiger partial charge in [-0.1, -0.05) is 29.3 Å². The van der Waals surface area contributed by atoms with Crippen LogP contribution in [-0.4, -0.2) is 5.91 Å². The Labute approximate surface area is 131 Å². The average Bonchev–Trinajstić information content (AvgIpc) is 2.43. The van der Waals surface area contributed by atoms with Crippen molar-refractivity contribution in [2.24, 2.45) is 5.73 Å². The van der Waals surface area contributed by atoms with Gasteiger partial charge >= 0.3 is 0 Å². The largest absolute Gasteiger partial charge is 0.378 e. The zero-order valence-electron chi connectivity index (χ0n) is 11.2. The van der Waals surface area contributed by atoms with E-state index in [9.17, 15) is 9.18 Å². The molecule has 0 fully saturated rings. The normalized spacial score (nSPS) is 12.0. The molecule has 0 spiro atoms. The summed E-state index contributed by atoms with van der Waals surface area (Å²) in [4.78, 5) is 11.3. The van der Waals surface area contributed by atoms with Crippen molar-refractivity contribution in [2.45, 2.75) is 13.0 Å². The average molecular weight is 327 g/mol. The highest BCUT2D eigenvalue weighted by atomic mass is 35.5. The third-order valence-corrected chi connectivity index (χ3v) is 3.69. The number of primary amides is 1. The summed E-state index contributed by atoms with van der Waals surface area (Å²) in [6.45, 7) is 1.86. The standard InChI is InChI=1S/C15H13Cl2FN2O/c1-8(9-2-4-13(17)14(18)6-9)20-10-3-5-12(16)11(7-10)15(19)21/h2-8,20H,1H3,(H2,19,21). The molecule has 1 amide bonds. The van der Waals surface area contributed by atoms with Crippen LogP contribution in [0, 0.1) is 5.82 Å². The summed E-state index contributed by atoms with van der Waals surface area (Å²) in [6.07, 6.45) is 0. The van der Waals surface area contributed by atoms with Crippen molar-refractivity contribution in [3.8, 4) is 0 Å². The van der Waals surface area contributed by atoms with Crippen molar-refractivity contribution in [3.63, 3.8) is 0 Å². The van der Waals surface area contributed by atoms with E-state index >= 15 is 0 Å². The molecule has 0 heterocycles. The maximum Gasteiger partial charge on any atom is 0.250 e. The SMILES string of the molecule is CC(Nc1ccc(Cl)c(C(N)=O)c1)c1ccc(Cl)c(F)c1. The van der Waals surface area contributed by atoms with Crippen molar-refractivity contribution in [3.05, 3.63) is 63.4 Å². The van der Waals surface area contributed by atoms with E-state index in [4.69, 9.17) is 28.9 Å². The number of benzene rings is 2. The summed E-state index contributed by atoms with van der Waals surface area (Å²) < 4.78 is 13.5. The van der Waals surface area contributed by atoms with Gasteiger partial charge in [-0.25, -0.2) is 4.39 Å². The van der Waals surface area contributed by atoms with Crippen LogP contribution in [0.25, 0.3) is 0 Å². The van der Waals surface area contributed by atoms with Gasteiger partial charge in [-0.3, -0.25) is 4.79 Å². The number of nitrogens with two attached hydrogens (primary N) is 1. The third-order valence-electron chi connectivity index (χ3n) is 3.06. The zero-order valence-corrected chi connectivity index (χ0v) is 12.7. The fourth-order valence-corrected chi connectivity index (χ4v) is 2.25. The van der Waals surface area contributed by atoms with Gasteiger partial charge in [-0.2, -0.15) is 0 Å². The van der Waals surface area contributed by atoms with Gasteiger partial charge in [0.05, 0.1) is 15.6 Å². The van der Waals surface area contributed by atoms with Crippen molar-refractivity contribution in [1.29, 1.82) is 0 Å². The van der Waals surface area contributed by atoms with E-state index in [-0.39, 0.29) is 16.6 Å². The number of rotatable bonds is 4. The minimum atomic E-state index is -0.603. The second kappa shape index (κ2) is 6.33. The number of hydrogen-bond donors (Lipinski definition) is 2. The van der Waals surface area contributed by atoms with E-state index in [0.717, 1.165) is 5.56 Å². The molecule has 3 N–H and O–H groups in total. The highest BCUT2D eigenvalue weighted by molar-refractivity contribution is 6.33. The molecule has 6 heteroatoms. The quantitative estimate of drug-likeness (QED) is 0.874. The highest BCUT2D eigenvalue weighted by Gasteiger charge is 2.11. The summed E-state index contributed by atoms with van der Waals surface area (Å²) in [6, 6.07) is 9.28. The Bertz CT molecular complexity index is 691. The molecule has 2 aromatic carbocycles. The Hall–Kier alpha value is -1.78. The Morgan fingerprint density at radius 2 is 1.86 bits per heavy atom. The highest BCUT2D eigenvalue weighted by Crippen LogP contribution is 2.25. The molecule has 0 bridgehead atoms. The molecular weight excluding hydrogens is 314 g/mol. The maximum absolute atomic E-state index is 13.5. The van der Waals surface area contributed by atoms with Crippen LogP contribution in [0.4, 0.5) is 10.1 Å². The molecule has 1 unspecified atom stereocenters. The Morgan fingerprint density at radius 1 is 1.19 bits per heavy atom. The van der Waals surface area contributed by atoms with Crippen LogP contribution in [0.2, 0.25) is 10.0 Å². The molecule has 0 saturated carbocycles. The van der Waals surface area contributed by atoms with Gasteiger partial charge in [0.25, 0.3) is 0 Å². The number of halogens is 3. The number of amides is 1. The van der Waals surface area contributed by atoms with Gasteiger partial charge in [-0.05, 0) is 42.8 Å². The van der Waals surface area contributed by atoms with E-state index in [2.05, 4.69) is 5.32 Å². The lowest BCUT2D eigenvalue weighted by Gasteiger charge is -2.17. The van der Waals surface area contributed by atoms with Gasteiger partial charge in [0.15, 0.2) is 0 Å². The summed E-state index contributed by atoms with van der Waals surface area (Å²) in [5.41, 5.74) is 6.87. The predicted molar refractivity (Wildman–Crippen MR) is 83.4 cm³/mol. The van der Waals surface area contributed by atoms with Crippen LogP contribution in [0.3, 0.4) is 0 Å². The predicted octanol–water partition coefficient (Wildman–Crippen LogP) is 4.40. The first-order valence-corrected chi connectivity index (χ1v) is 6.95. The second-order valence-electron chi connectivity index (χ2n) is 4.60. The van der Waals surface area contributed by atoms with E-state index in [0.29, 0.717) is 10.7 Å². The summed E-state index contributed by atoms with van der Waals surface area (Å²) in [5, 5.41) is 3.52. The van der Waals surface area contributed by atoms with Gasteiger partial charge in [0.1, 0.15) is 5.82 Å². The zero-order chi connectivity index (χ0) is 15.6. The molecule has 2 rings (SSSR count). The number of carbonyl (C=O) groups excluding carboxylic acids is 1. The lowest BCUT2D eigenvalue weighted by Crippen LogP contribution is -2.13. The van der Waals surface area contributed by atoms with Crippen molar-refractivity contribution >= 4 is 34.8 Å². The Morgan fingerprint density at radius 3 is 2.48 bits per heavy atom. The van der Waals surface area contributed by atoms with Crippen LogP contribution in [0.15, 0.2) is 36.4 Å². The fourth-order valence-electron chi connectivity index (χ4n) is 1.92. The Kier molecular flexibility index (Phi) is 4.70. The van der Waals surface area contributed by atoms with E-state index in [1.807, 2.05) is 6.92 Å². The van der Waals surface area contributed by atoms with Crippen LogP contribution in [-0.2, 0) is 0 Å². The molecule has 0 saturated heterocycles. The molecule has 3 nitrogen and oxygen atoms in total. The molecular formula is C15H13Cl2FN2O. The van der Waals surface area contributed by atoms with Gasteiger partial charge in [0, 0.05) is 11.7 Å². The molecule has 0 radical (unpaired) electrons. The number of nitrogens with one attached hydrogen (secondary N) is 1. The molecule has 110 valence electrons. The lowest BCUT2D eigenvalue weighted by molar-refractivity contribution is 0.100. The third kappa shape index (κ3) is 3.65. The summed E-state index contributed by atoms with van der Waals surface area (Å²) in [7, 11) is 0. The molecule has 21 heavy (non-hydrogen) atoms. The summed E-state index contributed by atoms with van der Waals surface area (Å²) >= 11 is 11.5. The van der Waals surface area contributed by atoms with E-state index in [1.165, 1.54) is 12.1 Å². The topological polar surface area (TPSA) is 55.1 Å². The second-order valence-corrected chi connectivity index (χ2v) is 5.41. The minimum Gasteiger partial charge on any atom is -0.378 e. The fraction of sp³-hybridized carbons (Fsp3) is 0.133. The lowest BCUT2D eigenvalue weighted by atomic mass is 10.1. The van der Waals surface area contributed by atoms with Gasteiger partial charge < -0.3 is 11.1 Å². The van der Waals surface area contributed by atoms with Crippen LogP contribution in [0.1, 0.15) is 28.9 Å². The molecule has 1 atom stereocenters. The van der Waals surface area contributed by atoms with Crippen LogP contribution < -0.4 is 11.1 Å². The number of anilines is 1. The smallest absolute Gasteiger partial charge is 0.250 e. The molecule has 0 aromatic heterocycles. The van der Waals surface area contributed by atoms with Gasteiger partial charge in [0.2, 0.25) is 5.91 Å². The van der Waals surface area contributed by atoms with Crippen LogP contribution >= 0.6 is 23.2 Å². The first-order chi connectivity index (χ1) is 9.88. The first-order valence-electron chi connectivity index (χ1n) is 6.19. The number of carbonyl (C=O) groups is 1. The minimum absolute atomic E-state index is 0.0773. The van der Waals surface area contributed by atoms with Crippen molar-refractivity contribution in [2.75, 3.05) is 5.32 Å². The number of hydrogen-bond acceptors (Lipinski definition) is 2. The molecule has 0 aliphatic heterocycles. The Balaban J connectivity index is 2.23. The molecule has 0 aliphatic carbocycles. The molecule has 2 aromatic rings. The molecule has 0 aliphatic rings.